The quantitative estimate of drug-likeness (QED) is 0.646. The SMILES string of the molecule is O=C(CSc1nnc(C2CCCCC2)o1)Nc1cc(C(F)(F)F)ccc1Cl. The number of carbonyl (C=O) groups excluding carboxylic acids is 1. The van der Waals surface area contributed by atoms with Gasteiger partial charge in [-0.3, -0.25) is 4.79 Å². The Morgan fingerprint density at radius 1 is 1.26 bits per heavy atom. The van der Waals surface area contributed by atoms with Crippen LogP contribution in [-0.2, 0) is 11.0 Å². The maximum absolute atomic E-state index is 12.8. The van der Waals surface area contributed by atoms with Gasteiger partial charge in [0.25, 0.3) is 5.22 Å². The van der Waals surface area contributed by atoms with Crippen LogP contribution in [-0.4, -0.2) is 21.9 Å². The summed E-state index contributed by atoms with van der Waals surface area (Å²) in [5.41, 5.74) is -0.977. The number of benzene rings is 1. The van der Waals surface area contributed by atoms with Crippen molar-refractivity contribution in [1.29, 1.82) is 0 Å². The van der Waals surface area contributed by atoms with E-state index in [-0.39, 0.29) is 27.6 Å². The number of thioether (sulfide) groups is 1. The van der Waals surface area contributed by atoms with Gasteiger partial charge in [-0.05, 0) is 31.0 Å². The molecule has 1 fully saturated rings. The van der Waals surface area contributed by atoms with E-state index in [2.05, 4.69) is 15.5 Å². The van der Waals surface area contributed by atoms with E-state index < -0.39 is 17.6 Å². The first kappa shape index (κ1) is 20.0. The molecule has 1 saturated carbocycles. The third kappa shape index (κ3) is 5.38. The number of rotatable bonds is 5. The van der Waals surface area contributed by atoms with Gasteiger partial charge in [-0.15, -0.1) is 10.2 Å². The Hall–Kier alpha value is -1.74. The van der Waals surface area contributed by atoms with Crippen molar-refractivity contribution >= 4 is 35.0 Å². The van der Waals surface area contributed by atoms with Gasteiger partial charge in [-0.25, -0.2) is 0 Å². The third-order valence-corrected chi connectivity index (χ3v) is 5.42. The van der Waals surface area contributed by atoms with E-state index in [1.165, 1.54) is 6.42 Å². The number of aromatic nitrogens is 2. The van der Waals surface area contributed by atoms with Crippen LogP contribution >= 0.6 is 23.4 Å². The van der Waals surface area contributed by atoms with Crippen molar-refractivity contribution in [2.45, 2.75) is 49.4 Å². The van der Waals surface area contributed by atoms with E-state index in [1.54, 1.807) is 0 Å². The maximum Gasteiger partial charge on any atom is 0.416 e. The predicted octanol–water partition coefficient (Wildman–Crippen LogP) is 5.52. The molecule has 146 valence electrons. The molecular weight excluding hydrogens is 403 g/mol. The van der Waals surface area contributed by atoms with Crippen LogP contribution in [0.5, 0.6) is 0 Å². The zero-order chi connectivity index (χ0) is 19.4. The first-order chi connectivity index (χ1) is 12.8. The van der Waals surface area contributed by atoms with Gasteiger partial charge in [0.15, 0.2) is 0 Å². The molecule has 0 saturated heterocycles. The Balaban J connectivity index is 1.56. The van der Waals surface area contributed by atoms with Crippen LogP contribution in [0, 0.1) is 0 Å². The summed E-state index contributed by atoms with van der Waals surface area (Å²) < 4.78 is 43.9. The van der Waals surface area contributed by atoms with Gasteiger partial charge in [0.2, 0.25) is 11.8 Å². The van der Waals surface area contributed by atoms with Crippen LogP contribution < -0.4 is 5.32 Å². The van der Waals surface area contributed by atoms with Gasteiger partial charge in [-0.1, -0.05) is 42.6 Å². The summed E-state index contributed by atoms with van der Waals surface area (Å²) in [6, 6.07) is 2.76. The standard InChI is InChI=1S/C17H17ClF3N3O2S/c18-12-7-6-11(17(19,20)21)8-13(12)22-14(25)9-27-16-24-23-15(26-16)10-4-2-1-3-5-10/h6-8,10H,1-5,9H2,(H,22,25). The minimum Gasteiger partial charge on any atom is -0.416 e. The van der Waals surface area contributed by atoms with E-state index in [0.29, 0.717) is 5.89 Å². The molecule has 0 atom stereocenters. The lowest BCUT2D eigenvalue weighted by Gasteiger charge is -2.17. The van der Waals surface area contributed by atoms with Crippen LogP contribution in [0.15, 0.2) is 27.8 Å². The second kappa shape index (κ2) is 8.52. The number of hydrogen-bond donors (Lipinski definition) is 1. The summed E-state index contributed by atoms with van der Waals surface area (Å²) >= 11 is 6.90. The molecule has 0 bridgehead atoms. The van der Waals surface area contributed by atoms with E-state index in [4.69, 9.17) is 16.0 Å². The molecular formula is C17H17ClF3N3O2S. The summed E-state index contributed by atoms with van der Waals surface area (Å²) in [6.07, 6.45) is 0.996. The number of carbonyl (C=O) groups is 1. The second-order valence-electron chi connectivity index (χ2n) is 6.27. The van der Waals surface area contributed by atoms with E-state index in [1.807, 2.05) is 0 Å². The van der Waals surface area contributed by atoms with Crippen molar-refractivity contribution in [3.05, 3.63) is 34.7 Å². The highest BCUT2D eigenvalue weighted by Gasteiger charge is 2.31. The van der Waals surface area contributed by atoms with Gasteiger partial charge >= 0.3 is 6.18 Å². The molecule has 0 unspecified atom stereocenters. The average molecular weight is 420 g/mol. The zero-order valence-electron chi connectivity index (χ0n) is 14.2. The molecule has 1 aromatic carbocycles. The van der Waals surface area contributed by atoms with Crippen molar-refractivity contribution < 1.29 is 22.4 Å². The summed E-state index contributed by atoms with van der Waals surface area (Å²) in [6.45, 7) is 0. The van der Waals surface area contributed by atoms with Gasteiger partial charge in [0, 0.05) is 5.92 Å². The topological polar surface area (TPSA) is 68.0 Å². The van der Waals surface area contributed by atoms with Crippen molar-refractivity contribution in [1.82, 2.24) is 10.2 Å². The molecule has 3 rings (SSSR count). The van der Waals surface area contributed by atoms with Crippen LogP contribution in [0.25, 0.3) is 0 Å². The molecule has 10 heteroatoms. The highest BCUT2D eigenvalue weighted by atomic mass is 35.5. The normalized spacial score (nSPS) is 15.7. The molecule has 1 N–H and O–H groups in total. The molecule has 1 aliphatic rings. The van der Waals surface area contributed by atoms with E-state index in [0.717, 1.165) is 55.6 Å². The first-order valence-corrected chi connectivity index (χ1v) is 9.82. The molecule has 1 heterocycles. The minimum atomic E-state index is -4.52. The van der Waals surface area contributed by atoms with Crippen molar-refractivity contribution in [3.8, 4) is 0 Å². The van der Waals surface area contributed by atoms with Crippen molar-refractivity contribution in [2.24, 2.45) is 0 Å². The van der Waals surface area contributed by atoms with Gasteiger partial charge in [-0.2, -0.15) is 13.2 Å². The van der Waals surface area contributed by atoms with E-state index in [9.17, 15) is 18.0 Å². The largest absolute Gasteiger partial charge is 0.416 e. The minimum absolute atomic E-state index is 0.0266. The fourth-order valence-corrected chi connectivity index (χ4v) is 3.64. The van der Waals surface area contributed by atoms with Crippen LogP contribution in [0.3, 0.4) is 0 Å². The number of halogens is 4. The monoisotopic (exact) mass is 419 g/mol. The third-order valence-electron chi connectivity index (χ3n) is 4.27. The predicted molar refractivity (Wildman–Crippen MR) is 95.9 cm³/mol. The lowest BCUT2D eigenvalue weighted by molar-refractivity contribution is -0.137. The second-order valence-corrected chi connectivity index (χ2v) is 7.60. The van der Waals surface area contributed by atoms with Gasteiger partial charge < -0.3 is 9.73 Å². The van der Waals surface area contributed by atoms with E-state index >= 15 is 0 Å². The summed E-state index contributed by atoms with van der Waals surface area (Å²) in [5.74, 6) is 0.245. The molecule has 0 aliphatic heterocycles. The zero-order valence-corrected chi connectivity index (χ0v) is 15.8. The Morgan fingerprint density at radius 2 is 2.00 bits per heavy atom. The lowest BCUT2D eigenvalue weighted by atomic mass is 9.89. The highest BCUT2D eigenvalue weighted by Crippen LogP contribution is 2.34. The van der Waals surface area contributed by atoms with Crippen LogP contribution in [0.1, 0.15) is 49.5 Å². The number of nitrogens with zero attached hydrogens (tertiary/aromatic N) is 2. The Bertz CT molecular complexity index is 807. The molecule has 1 aliphatic carbocycles. The van der Waals surface area contributed by atoms with Crippen LogP contribution in [0.2, 0.25) is 5.02 Å². The maximum atomic E-state index is 12.8. The Labute approximate surface area is 163 Å². The molecule has 27 heavy (non-hydrogen) atoms. The smallest absolute Gasteiger partial charge is 0.416 e. The van der Waals surface area contributed by atoms with Crippen molar-refractivity contribution in [3.63, 3.8) is 0 Å². The molecule has 5 nitrogen and oxygen atoms in total. The Kier molecular flexibility index (Phi) is 6.31. The first-order valence-electron chi connectivity index (χ1n) is 8.46. The number of hydrogen-bond acceptors (Lipinski definition) is 5. The van der Waals surface area contributed by atoms with Gasteiger partial charge in [0.05, 0.1) is 22.0 Å². The van der Waals surface area contributed by atoms with Crippen molar-refractivity contribution in [2.75, 3.05) is 11.1 Å². The summed E-state index contributed by atoms with van der Waals surface area (Å²) in [7, 11) is 0. The number of amides is 1. The summed E-state index contributed by atoms with van der Waals surface area (Å²) in [5, 5.41) is 10.6. The van der Waals surface area contributed by atoms with Gasteiger partial charge in [0.1, 0.15) is 0 Å². The number of anilines is 1. The lowest BCUT2D eigenvalue weighted by Crippen LogP contribution is -2.15. The highest BCUT2D eigenvalue weighted by molar-refractivity contribution is 7.99. The fourth-order valence-electron chi connectivity index (χ4n) is 2.90. The molecule has 1 aromatic heterocycles. The fraction of sp³-hybridized carbons (Fsp3) is 0.471. The average Bonchev–Trinajstić information content (AvgIpc) is 3.11. The molecule has 2 aromatic rings. The number of alkyl halides is 3. The molecule has 0 spiro atoms. The van der Waals surface area contributed by atoms with Crippen LogP contribution in [0.4, 0.5) is 18.9 Å². The number of nitrogens with one attached hydrogen (secondary N) is 1. The molecule has 1 amide bonds. The Morgan fingerprint density at radius 3 is 2.70 bits per heavy atom. The molecule has 0 radical (unpaired) electrons. The summed E-state index contributed by atoms with van der Waals surface area (Å²) in [4.78, 5) is 12.0.